The molecular formula is C13H21N3. The number of rotatable bonds is 2. The van der Waals surface area contributed by atoms with Crippen LogP contribution >= 0.6 is 0 Å². The number of aryl methyl sites for hydroxylation is 1. The summed E-state index contributed by atoms with van der Waals surface area (Å²) in [5.74, 6) is 2.50. The lowest BCUT2D eigenvalue weighted by Gasteiger charge is -2.20. The molecule has 1 aliphatic rings. The Hall–Kier alpha value is -1.25. The van der Waals surface area contributed by atoms with Crippen molar-refractivity contribution in [1.82, 2.24) is 4.98 Å². The van der Waals surface area contributed by atoms with Gasteiger partial charge in [0.25, 0.3) is 0 Å². The Kier molecular flexibility index (Phi) is 3.03. The number of aromatic nitrogens is 1. The van der Waals surface area contributed by atoms with E-state index in [9.17, 15) is 0 Å². The minimum absolute atomic E-state index is 0.746. The number of pyridine rings is 1. The van der Waals surface area contributed by atoms with Gasteiger partial charge in [-0.15, -0.1) is 0 Å². The monoisotopic (exact) mass is 219 g/mol. The van der Waals surface area contributed by atoms with Gasteiger partial charge in [0, 0.05) is 18.8 Å². The molecule has 1 atom stereocenters. The largest absolute Gasteiger partial charge is 0.396 e. The number of nitrogens with two attached hydrogens (primary N) is 1. The molecule has 0 spiro atoms. The predicted molar refractivity (Wildman–Crippen MR) is 68.5 cm³/mol. The van der Waals surface area contributed by atoms with Crippen LogP contribution in [0.1, 0.15) is 26.0 Å². The molecule has 1 unspecified atom stereocenters. The molecule has 0 radical (unpaired) electrons. The molecule has 88 valence electrons. The van der Waals surface area contributed by atoms with Crippen molar-refractivity contribution in [3.63, 3.8) is 0 Å². The number of nitrogen functional groups attached to an aromatic ring is 1. The van der Waals surface area contributed by atoms with Crippen LogP contribution in [-0.2, 0) is 0 Å². The molecule has 16 heavy (non-hydrogen) atoms. The maximum absolute atomic E-state index is 5.99. The molecule has 2 N–H and O–H groups in total. The number of nitrogens with zero attached hydrogens (tertiary/aromatic N) is 2. The number of hydrogen-bond donors (Lipinski definition) is 1. The fourth-order valence-corrected chi connectivity index (χ4v) is 2.33. The summed E-state index contributed by atoms with van der Waals surface area (Å²) in [7, 11) is 0. The van der Waals surface area contributed by atoms with Crippen molar-refractivity contribution in [3.8, 4) is 0 Å². The second kappa shape index (κ2) is 4.32. The average molecular weight is 219 g/mol. The van der Waals surface area contributed by atoms with E-state index in [1.165, 1.54) is 6.42 Å². The molecule has 0 aliphatic carbocycles. The van der Waals surface area contributed by atoms with Crippen molar-refractivity contribution >= 4 is 11.5 Å². The Morgan fingerprint density at radius 2 is 2.19 bits per heavy atom. The molecule has 2 heterocycles. The highest BCUT2D eigenvalue weighted by Crippen LogP contribution is 2.30. The summed E-state index contributed by atoms with van der Waals surface area (Å²) in [6, 6.07) is 3.93. The maximum Gasteiger partial charge on any atom is 0.152 e. The number of anilines is 2. The van der Waals surface area contributed by atoms with Gasteiger partial charge >= 0.3 is 0 Å². The van der Waals surface area contributed by atoms with E-state index in [-0.39, 0.29) is 0 Å². The highest BCUT2D eigenvalue weighted by Gasteiger charge is 2.26. The van der Waals surface area contributed by atoms with Crippen molar-refractivity contribution in [3.05, 3.63) is 17.8 Å². The molecule has 1 aromatic heterocycles. The molecule has 1 aromatic rings. The van der Waals surface area contributed by atoms with E-state index in [2.05, 4.69) is 23.7 Å². The van der Waals surface area contributed by atoms with Crippen molar-refractivity contribution < 1.29 is 0 Å². The van der Waals surface area contributed by atoms with Crippen molar-refractivity contribution in [2.75, 3.05) is 23.7 Å². The van der Waals surface area contributed by atoms with Gasteiger partial charge in [0.05, 0.1) is 5.69 Å². The van der Waals surface area contributed by atoms with Crippen molar-refractivity contribution in [2.24, 2.45) is 11.8 Å². The topological polar surface area (TPSA) is 42.1 Å². The molecule has 3 nitrogen and oxygen atoms in total. The van der Waals surface area contributed by atoms with Gasteiger partial charge in [0.2, 0.25) is 0 Å². The average Bonchev–Trinajstić information content (AvgIpc) is 2.70. The Labute approximate surface area is 97.7 Å². The zero-order valence-electron chi connectivity index (χ0n) is 10.4. The van der Waals surface area contributed by atoms with Gasteiger partial charge < -0.3 is 10.6 Å². The Morgan fingerprint density at radius 3 is 2.81 bits per heavy atom. The van der Waals surface area contributed by atoms with Crippen LogP contribution in [-0.4, -0.2) is 18.1 Å². The van der Waals surface area contributed by atoms with Crippen LogP contribution in [0.5, 0.6) is 0 Å². The third-order valence-electron chi connectivity index (χ3n) is 3.51. The third-order valence-corrected chi connectivity index (χ3v) is 3.51. The molecular weight excluding hydrogens is 198 g/mol. The van der Waals surface area contributed by atoms with Crippen molar-refractivity contribution in [2.45, 2.75) is 27.2 Å². The molecule has 0 bridgehead atoms. The summed E-state index contributed by atoms with van der Waals surface area (Å²) in [5.41, 5.74) is 7.83. The van der Waals surface area contributed by atoms with Gasteiger partial charge in [-0.3, -0.25) is 0 Å². The van der Waals surface area contributed by atoms with Gasteiger partial charge in [-0.2, -0.15) is 0 Å². The zero-order valence-corrected chi connectivity index (χ0v) is 10.4. The Bertz CT molecular complexity index is 373. The number of hydrogen-bond acceptors (Lipinski definition) is 3. The Balaban J connectivity index is 2.17. The van der Waals surface area contributed by atoms with Crippen molar-refractivity contribution in [1.29, 1.82) is 0 Å². The molecule has 0 aromatic carbocycles. The van der Waals surface area contributed by atoms with E-state index in [4.69, 9.17) is 5.73 Å². The third kappa shape index (κ3) is 2.13. The summed E-state index contributed by atoms with van der Waals surface area (Å²) < 4.78 is 0. The summed E-state index contributed by atoms with van der Waals surface area (Å²) in [6.07, 6.45) is 1.26. The highest BCUT2D eigenvalue weighted by molar-refractivity contribution is 5.63. The summed E-state index contributed by atoms with van der Waals surface area (Å²) in [5, 5.41) is 0. The van der Waals surface area contributed by atoms with Crippen LogP contribution in [0.2, 0.25) is 0 Å². The minimum Gasteiger partial charge on any atom is -0.396 e. The first-order valence-corrected chi connectivity index (χ1v) is 6.06. The lowest BCUT2D eigenvalue weighted by atomic mass is 9.95. The van der Waals surface area contributed by atoms with Gasteiger partial charge in [0.15, 0.2) is 5.82 Å². The molecule has 2 rings (SSSR count). The summed E-state index contributed by atoms with van der Waals surface area (Å²) in [6.45, 7) is 8.78. The lowest BCUT2D eigenvalue weighted by molar-refractivity contribution is 0.422. The molecule has 1 aliphatic heterocycles. The molecule has 0 saturated carbocycles. The van der Waals surface area contributed by atoms with Crippen LogP contribution in [0.25, 0.3) is 0 Å². The SMILES string of the molecule is Cc1ccc(N)c(N2CCC(C(C)C)C2)n1. The van der Waals surface area contributed by atoms with Gasteiger partial charge in [-0.25, -0.2) is 4.98 Å². The van der Waals surface area contributed by atoms with Crippen LogP contribution in [0.3, 0.4) is 0 Å². The van der Waals surface area contributed by atoms with E-state index in [1.807, 2.05) is 19.1 Å². The first-order valence-electron chi connectivity index (χ1n) is 6.06. The zero-order chi connectivity index (χ0) is 11.7. The standard InChI is InChI=1S/C13H21N3/c1-9(2)11-6-7-16(8-11)13-12(14)5-4-10(3)15-13/h4-5,9,11H,6-8,14H2,1-3H3. The molecule has 1 saturated heterocycles. The predicted octanol–water partition coefficient (Wildman–Crippen LogP) is 2.45. The molecule has 1 fully saturated rings. The van der Waals surface area contributed by atoms with E-state index < -0.39 is 0 Å². The van der Waals surface area contributed by atoms with Gasteiger partial charge in [0.1, 0.15) is 0 Å². The van der Waals surface area contributed by atoms with E-state index in [0.29, 0.717) is 0 Å². The normalized spacial score (nSPS) is 20.8. The van der Waals surface area contributed by atoms with Crippen LogP contribution in [0, 0.1) is 18.8 Å². The van der Waals surface area contributed by atoms with E-state index in [1.54, 1.807) is 0 Å². The Morgan fingerprint density at radius 1 is 1.44 bits per heavy atom. The van der Waals surface area contributed by atoms with Crippen LogP contribution in [0.15, 0.2) is 12.1 Å². The molecule has 0 amide bonds. The van der Waals surface area contributed by atoms with Crippen LogP contribution < -0.4 is 10.6 Å². The quantitative estimate of drug-likeness (QED) is 0.830. The van der Waals surface area contributed by atoms with E-state index >= 15 is 0 Å². The van der Waals surface area contributed by atoms with E-state index in [0.717, 1.165) is 42.1 Å². The minimum atomic E-state index is 0.746. The van der Waals surface area contributed by atoms with Gasteiger partial charge in [-0.05, 0) is 37.3 Å². The second-order valence-corrected chi connectivity index (χ2v) is 5.10. The fraction of sp³-hybridized carbons (Fsp3) is 0.615. The molecule has 3 heteroatoms. The summed E-state index contributed by atoms with van der Waals surface area (Å²) in [4.78, 5) is 6.88. The van der Waals surface area contributed by atoms with Crippen LogP contribution in [0.4, 0.5) is 11.5 Å². The first-order chi connectivity index (χ1) is 7.58. The maximum atomic E-state index is 5.99. The van der Waals surface area contributed by atoms with Gasteiger partial charge in [-0.1, -0.05) is 13.8 Å². The second-order valence-electron chi connectivity index (χ2n) is 5.10. The highest BCUT2D eigenvalue weighted by atomic mass is 15.2. The fourth-order valence-electron chi connectivity index (χ4n) is 2.33. The first kappa shape index (κ1) is 11.2. The lowest BCUT2D eigenvalue weighted by Crippen LogP contribution is -2.23. The smallest absolute Gasteiger partial charge is 0.152 e. The summed E-state index contributed by atoms with van der Waals surface area (Å²) >= 11 is 0.